The molecule has 1 heterocycles. The zero-order valence-electron chi connectivity index (χ0n) is 6.80. The average molecular weight is 341 g/mol. The van der Waals surface area contributed by atoms with Crippen molar-refractivity contribution in [1.29, 1.82) is 0 Å². The molecule has 0 bridgehead atoms. The van der Waals surface area contributed by atoms with Gasteiger partial charge >= 0.3 is 0 Å². The van der Waals surface area contributed by atoms with E-state index in [2.05, 4.69) is 41.0 Å². The Morgan fingerprint density at radius 3 is 2.85 bits per heavy atom. The van der Waals surface area contributed by atoms with Crippen molar-refractivity contribution in [1.82, 2.24) is 0 Å². The summed E-state index contributed by atoms with van der Waals surface area (Å²) >= 11 is 12.0. The molecule has 0 saturated heterocycles. The summed E-state index contributed by atoms with van der Waals surface area (Å²) in [4.78, 5) is 0. The smallest absolute Gasteiger partial charge is 0.0609 e. The minimum atomic E-state index is 0.854. The average Bonchev–Trinajstić information content (AvgIpc) is 2.56. The molecule has 0 aliphatic heterocycles. The Kier molecular flexibility index (Phi) is 3.07. The van der Waals surface area contributed by atoms with E-state index in [1.807, 2.05) is 17.4 Å². The summed E-state index contributed by atoms with van der Waals surface area (Å²) < 4.78 is 3.90. The van der Waals surface area contributed by atoms with Gasteiger partial charge in [0, 0.05) is 14.0 Å². The van der Waals surface area contributed by atoms with Crippen molar-refractivity contribution >= 4 is 67.4 Å². The van der Waals surface area contributed by atoms with E-state index in [1.54, 1.807) is 11.8 Å². The molecule has 0 spiro atoms. The van der Waals surface area contributed by atoms with E-state index in [4.69, 9.17) is 11.6 Å². The summed E-state index contributed by atoms with van der Waals surface area (Å²) in [6.07, 6.45) is 2.09. The predicted octanol–water partition coefficient (Wildman–Crippen LogP) is 4.88. The van der Waals surface area contributed by atoms with Crippen LogP contribution < -0.4 is 0 Å². The molecule has 4 heteroatoms. The molecule has 0 atom stereocenters. The van der Waals surface area contributed by atoms with Crippen LogP contribution >= 0.6 is 57.3 Å². The van der Waals surface area contributed by atoms with Gasteiger partial charge in [-0.1, -0.05) is 11.6 Å². The van der Waals surface area contributed by atoms with E-state index >= 15 is 0 Å². The monoisotopic (exact) mass is 340 g/mol. The summed E-state index contributed by atoms with van der Waals surface area (Å²) in [5.41, 5.74) is 0. The Morgan fingerprint density at radius 2 is 2.23 bits per heavy atom. The van der Waals surface area contributed by atoms with Crippen LogP contribution in [0.5, 0.6) is 0 Å². The van der Waals surface area contributed by atoms with E-state index < -0.39 is 0 Å². The molecule has 2 rings (SSSR count). The van der Waals surface area contributed by atoms with Gasteiger partial charge in [-0.05, 0) is 47.0 Å². The van der Waals surface area contributed by atoms with Crippen LogP contribution in [0.4, 0.5) is 0 Å². The molecule has 1 aromatic carbocycles. The van der Waals surface area contributed by atoms with Crippen LogP contribution in [0.15, 0.2) is 22.4 Å². The Morgan fingerprint density at radius 1 is 1.46 bits per heavy atom. The van der Waals surface area contributed by atoms with Crippen LogP contribution in [0.2, 0.25) is 5.02 Å². The van der Waals surface area contributed by atoms with Gasteiger partial charge in [0.2, 0.25) is 0 Å². The lowest BCUT2D eigenvalue weighted by Crippen LogP contribution is -1.70. The van der Waals surface area contributed by atoms with Crippen molar-refractivity contribution in [2.24, 2.45) is 0 Å². The highest BCUT2D eigenvalue weighted by Gasteiger charge is 2.07. The normalized spacial score (nSPS) is 11.0. The van der Waals surface area contributed by atoms with Crippen molar-refractivity contribution in [3.8, 4) is 0 Å². The maximum Gasteiger partial charge on any atom is 0.0609 e. The molecule has 0 aliphatic rings. The zero-order valence-corrected chi connectivity index (χ0v) is 11.4. The molecule has 0 aliphatic carbocycles. The third kappa shape index (κ3) is 1.84. The van der Waals surface area contributed by atoms with E-state index in [-0.39, 0.29) is 0 Å². The SMILES string of the molecule is CSc1cc2c(Cl)ccc(I)c2s1. The van der Waals surface area contributed by atoms with Gasteiger partial charge in [-0.2, -0.15) is 0 Å². The Hall–Kier alpha value is 0.550. The van der Waals surface area contributed by atoms with Gasteiger partial charge in [-0.3, -0.25) is 0 Å². The topological polar surface area (TPSA) is 0 Å². The molecule has 0 fully saturated rings. The number of halogens is 2. The first kappa shape index (κ1) is 10.1. The Labute approximate surface area is 104 Å². The molecular weight excluding hydrogens is 335 g/mol. The fourth-order valence-corrected chi connectivity index (χ4v) is 3.85. The van der Waals surface area contributed by atoms with Gasteiger partial charge in [-0.15, -0.1) is 23.1 Å². The number of fused-ring (bicyclic) bond motifs is 1. The molecule has 1 aromatic heterocycles. The molecular formula is C9H6ClIS2. The van der Waals surface area contributed by atoms with Crippen LogP contribution in [0.25, 0.3) is 10.1 Å². The van der Waals surface area contributed by atoms with Crippen molar-refractivity contribution in [3.63, 3.8) is 0 Å². The first-order valence-corrected chi connectivity index (χ1v) is 7.13. The number of thiophene rings is 1. The van der Waals surface area contributed by atoms with Crippen molar-refractivity contribution < 1.29 is 0 Å². The van der Waals surface area contributed by atoms with Crippen LogP contribution in [-0.4, -0.2) is 6.26 Å². The van der Waals surface area contributed by atoms with E-state index in [1.165, 1.54) is 17.9 Å². The highest BCUT2D eigenvalue weighted by molar-refractivity contribution is 14.1. The summed E-state index contributed by atoms with van der Waals surface area (Å²) in [6, 6.07) is 6.18. The first-order valence-electron chi connectivity index (χ1n) is 3.64. The molecule has 0 nitrogen and oxygen atoms in total. The minimum Gasteiger partial charge on any atom is -0.128 e. The highest BCUT2D eigenvalue weighted by atomic mass is 127. The molecule has 2 aromatic rings. The third-order valence-corrected chi connectivity index (χ3v) is 5.59. The van der Waals surface area contributed by atoms with Gasteiger partial charge < -0.3 is 0 Å². The van der Waals surface area contributed by atoms with Crippen LogP contribution in [0, 0.1) is 3.57 Å². The molecule has 68 valence electrons. The minimum absolute atomic E-state index is 0.854. The molecule has 13 heavy (non-hydrogen) atoms. The fourth-order valence-electron chi connectivity index (χ4n) is 1.14. The summed E-state index contributed by atoms with van der Waals surface area (Å²) in [5, 5.41) is 2.04. The van der Waals surface area contributed by atoms with Gasteiger partial charge in [0.25, 0.3) is 0 Å². The summed E-state index contributed by atoms with van der Waals surface area (Å²) in [6.45, 7) is 0. The predicted molar refractivity (Wildman–Crippen MR) is 71.3 cm³/mol. The van der Waals surface area contributed by atoms with Crippen molar-refractivity contribution in [2.75, 3.05) is 6.26 Å². The molecule has 0 saturated carbocycles. The number of rotatable bonds is 1. The van der Waals surface area contributed by atoms with Gasteiger partial charge in [0.15, 0.2) is 0 Å². The lowest BCUT2D eigenvalue weighted by atomic mass is 10.3. The zero-order chi connectivity index (χ0) is 9.42. The van der Waals surface area contributed by atoms with E-state index in [0.29, 0.717) is 0 Å². The molecule has 0 N–H and O–H groups in total. The number of benzene rings is 1. The third-order valence-electron chi connectivity index (χ3n) is 1.76. The molecule has 0 radical (unpaired) electrons. The highest BCUT2D eigenvalue weighted by Crippen LogP contribution is 2.37. The second kappa shape index (κ2) is 3.96. The van der Waals surface area contributed by atoms with Gasteiger partial charge in [0.1, 0.15) is 0 Å². The second-order valence-corrected chi connectivity index (χ2v) is 6.27. The van der Waals surface area contributed by atoms with Crippen LogP contribution in [0.3, 0.4) is 0 Å². The molecule has 0 unspecified atom stereocenters. The fraction of sp³-hybridized carbons (Fsp3) is 0.111. The lowest BCUT2D eigenvalue weighted by molar-refractivity contribution is 1.74. The number of hydrogen-bond acceptors (Lipinski definition) is 2. The van der Waals surface area contributed by atoms with Gasteiger partial charge in [-0.25, -0.2) is 0 Å². The maximum atomic E-state index is 6.09. The Balaban J connectivity index is 2.80. The summed E-state index contributed by atoms with van der Waals surface area (Å²) in [7, 11) is 0. The first-order chi connectivity index (χ1) is 6.22. The summed E-state index contributed by atoms with van der Waals surface area (Å²) in [5.74, 6) is 0. The Bertz CT molecular complexity index is 411. The van der Waals surface area contributed by atoms with Crippen LogP contribution in [-0.2, 0) is 0 Å². The lowest BCUT2D eigenvalue weighted by Gasteiger charge is -1.94. The van der Waals surface area contributed by atoms with Crippen molar-refractivity contribution in [2.45, 2.75) is 4.21 Å². The standard InChI is InChI=1S/C9H6ClIS2/c1-12-8-4-5-6(10)2-3-7(11)9(5)13-8/h2-4H,1H3. The van der Waals surface area contributed by atoms with Crippen LogP contribution in [0.1, 0.15) is 0 Å². The number of hydrogen-bond donors (Lipinski definition) is 0. The van der Waals surface area contributed by atoms with E-state index in [9.17, 15) is 0 Å². The van der Waals surface area contributed by atoms with E-state index in [0.717, 1.165) is 5.02 Å². The second-order valence-electron chi connectivity index (χ2n) is 2.54. The maximum absolute atomic E-state index is 6.09. The quantitative estimate of drug-likeness (QED) is 0.526. The van der Waals surface area contributed by atoms with Gasteiger partial charge in [0.05, 0.1) is 8.91 Å². The largest absolute Gasteiger partial charge is 0.128 e. The molecule has 0 amide bonds. The van der Waals surface area contributed by atoms with Crippen molar-refractivity contribution in [3.05, 3.63) is 26.8 Å². The number of thioether (sulfide) groups is 1.